The summed E-state index contributed by atoms with van der Waals surface area (Å²) >= 11 is 0. The van der Waals surface area contributed by atoms with Crippen LogP contribution in [-0.4, -0.2) is 4.92 Å². The lowest BCUT2D eigenvalue weighted by atomic mass is 10.2. The molecule has 0 heterocycles. The molecule has 19 heavy (non-hydrogen) atoms. The second-order valence-corrected chi connectivity index (χ2v) is 3.63. The van der Waals surface area contributed by atoms with Gasteiger partial charge in [-0.25, -0.2) is 0 Å². The van der Waals surface area contributed by atoms with E-state index in [2.05, 4.69) is 10.2 Å². The van der Waals surface area contributed by atoms with Crippen molar-refractivity contribution in [1.29, 1.82) is 5.26 Å². The summed E-state index contributed by atoms with van der Waals surface area (Å²) in [5, 5.41) is 27.0. The molecule has 2 aromatic rings. The summed E-state index contributed by atoms with van der Waals surface area (Å²) < 4.78 is 0. The zero-order chi connectivity index (χ0) is 13.7. The fourth-order valence-electron chi connectivity index (χ4n) is 1.36. The largest absolute Gasteiger partial charge is 0.269 e. The lowest BCUT2D eigenvalue weighted by molar-refractivity contribution is -0.384. The van der Waals surface area contributed by atoms with E-state index in [4.69, 9.17) is 5.26 Å². The highest BCUT2D eigenvalue weighted by Crippen LogP contribution is 2.21. The highest BCUT2D eigenvalue weighted by Gasteiger charge is 2.02. The minimum absolute atomic E-state index is 0.0114. The number of hydrogen-bond acceptors (Lipinski definition) is 5. The number of nitrogens with zero attached hydrogens (tertiary/aromatic N) is 4. The Morgan fingerprint density at radius 1 is 0.947 bits per heavy atom. The SMILES string of the molecule is N#Cc1ccc(N=Nc2ccc([N+](=O)[O-])cc2)cc1. The molecule has 0 saturated heterocycles. The Balaban J connectivity index is 2.13. The van der Waals surface area contributed by atoms with Gasteiger partial charge in [-0.3, -0.25) is 10.1 Å². The van der Waals surface area contributed by atoms with Crippen molar-refractivity contribution in [1.82, 2.24) is 0 Å². The number of hydrogen-bond donors (Lipinski definition) is 0. The number of rotatable bonds is 3. The Kier molecular flexibility index (Phi) is 3.59. The molecule has 0 aromatic heterocycles. The molecule has 6 heteroatoms. The van der Waals surface area contributed by atoms with Crippen LogP contribution in [-0.2, 0) is 0 Å². The normalized spacial score (nSPS) is 10.3. The first-order valence-corrected chi connectivity index (χ1v) is 5.35. The van der Waals surface area contributed by atoms with Crippen LogP contribution in [0.2, 0.25) is 0 Å². The average Bonchev–Trinajstić information content (AvgIpc) is 2.46. The van der Waals surface area contributed by atoms with E-state index in [0.717, 1.165) is 0 Å². The van der Waals surface area contributed by atoms with E-state index >= 15 is 0 Å². The molecule has 0 aliphatic rings. The molecular weight excluding hydrogens is 244 g/mol. The van der Waals surface area contributed by atoms with Crippen molar-refractivity contribution >= 4 is 17.1 Å². The summed E-state index contributed by atoms with van der Waals surface area (Å²) in [6.07, 6.45) is 0. The van der Waals surface area contributed by atoms with E-state index in [9.17, 15) is 10.1 Å². The van der Waals surface area contributed by atoms with Gasteiger partial charge in [0, 0.05) is 12.1 Å². The number of nitro benzene ring substituents is 1. The number of nitro groups is 1. The quantitative estimate of drug-likeness (QED) is 0.471. The molecule has 0 aliphatic carbocycles. The highest BCUT2D eigenvalue weighted by atomic mass is 16.6. The van der Waals surface area contributed by atoms with Crippen LogP contribution >= 0.6 is 0 Å². The third-order valence-corrected chi connectivity index (χ3v) is 2.34. The monoisotopic (exact) mass is 252 g/mol. The third kappa shape index (κ3) is 3.20. The molecule has 92 valence electrons. The first-order valence-electron chi connectivity index (χ1n) is 5.35. The van der Waals surface area contributed by atoms with Crippen molar-refractivity contribution < 1.29 is 4.92 Å². The van der Waals surface area contributed by atoms with Crippen molar-refractivity contribution in [2.75, 3.05) is 0 Å². The van der Waals surface area contributed by atoms with Gasteiger partial charge >= 0.3 is 0 Å². The average molecular weight is 252 g/mol. The van der Waals surface area contributed by atoms with Gasteiger partial charge in [0.15, 0.2) is 0 Å². The Labute approximate surface area is 108 Å². The Bertz CT molecular complexity index is 655. The van der Waals surface area contributed by atoms with Gasteiger partial charge in [-0.15, -0.1) is 0 Å². The van der Waals surface area contributed by atoms with Gasteiger partial charge in [0.1, 0.15) is 0 Å². The topological polar surface area (TPSA) is 91.7 Å². The summed E-state index contributed by atoms with van der Waals surface area (Å²) in [5.74, 6) is 0. The van der Waals surface area contributed by atoms with Gasteiger partial charge in [-0.2, -0.15) is 15.5 Å². The molecule has 0 saturated carbocycles. The molecule has 0 aliphatic heterocycles. The molecule has 0 radical (unpaired) electrons. The van der Waals surface area contributed by atoms with Crippen LogP contribution in [0.25, 0.3) is 0 Å². The van der Waals surface area contributed by atoms with Crippen LogP contribution < -0.4 is 0 Å². The fraction of sp³-hybridized carbons (Fsp3) is 0. The van der Waals surface area contributed by atoms with Crippen LogP contribution in [0.1, 0.15) is 5.56 Å². The molecular formula is C13H8N4O2. The zero-order valence-electron chi connectivity index (χ0n) is 9.72. The Hall–Kier alpha value is -3.07. The second-order valence-electron chi connectivity index (χ2n) is 3.63. The molecule has 0 spiro atoms. The smallest absolute Gasteiger partial charge is 0.258 e. The number of benzene rings is 2. The van der Waals surface area contributed by atoms with Gasteiger partial charge in [0.25, 0.3) is 5.69 Å². The van der Waals surface area contributed by atoms with E-state index < -0.39 is 4.92 Å². The minimum atomic E-state index is -0.471. The van der Waals surface area contributed by atoms with E-state index in [-0.39, 0.29) is 5.69 Å². The molecule has 2 aromatic carbocycles. The third-order valence-electron chi connectivity index (χ3n) is 2.34. The van der Waals surface area contributed by atoms with Gasteiger partial charge in [0.05, 0.1) is 27.9 Å². The van der Waals surface area contributed by atoms with E-state index in [1.165, 1.54) is 24.3 Å². The molecule has 0 unspecified atom stereocenters. The lowest BCUT2D eigenvalue weighted by Crippen LogP contribution is -1.85. The molecule has 0 fully saturated rings. The second kappa shape index (κ2) is 5.51. The van der Waals surface area contributed by atoms with E-state index in [1.54, 1.807) is 24.3 Å². The first kappa shape index (κ1) is 12.4. The van der Waals surface area contributed by atoms with Gasteiger partial charge < -0.3 is 0 Å². The Morgan fingerprint density at radius 3 is 1.84 bits per heavy atom. The summed E-state index contributed by atoms with van der Waals surface area (Å²) in [7, 11) is 0. The summed E-state index contributed by atoms with van der Waals surface area (Å²) in [5.41, 5.74) is 1.69. The van der Waals surface area contributed by atoms with Gasteiger partial charge in [0.2, 0.25) is 0 Å². The standard InChI is InChI=1S/C13H8N4O2/c14-9-10-1-3-11(4-2-10)15-16-12-5-7-13(8-6-12)17(18)19/h1-8H. The van der Waals surface area contributed by atoms with Crippen molar-refractivity contribution in [3.63, 3.8) is 0 Å². The first-order chi connectivity index (χ1) is 9.19. The zero-order valence-corrected chi connectivity index (χ0v) is 9.72. The summed E-state index contributed by atoms with van der Waals surface area (Å²) in [4.78, 5) is 10.0. The number of azo groups is 1. The molecule has 0 amide bonds. The molecule has 0 N–H and O–H groups in total. The molecule has 6 nitrogen and oxygen atoms in total. The van der Waals surface area contributed by atoms with Crippen LogP contribution in [0.5, 0.6) is 0 Å². The van der Waals surface area contributed by atoms with Crippen molar-refractivity contribution in [2.45, 2.75) is 0 Å². The maximum atomic E-state index is 10.5. The minimum Gasteiger partial charge on any atom is -0.258 e. The number of nitriles is 1. The Morgan fingerprint density at radius 2 is 1.42 bits per heavy atom. The van der Waals surface area contributed by atoms with Crippen molar-refractivity contribution in [3.8, 4) is 6.07 Å². The summed E-state index contributed by atoms with van der Waals surface area (Å²) in [6, 6.07) is 14.4. The fourth-order valence-corrected chi connectivity index (χ4v) is 1.36. The predicted octanol–water partition coefficient (Wildman–Crippen LogP) is 3.88. The molecule has 0 bridgehead atoms. The number of non-ortho nitro benzene ring substituents is 1. The predicted molar refractivity (Wildman–Crippen MR) is 68.4 cm³/mol. The molecule has 0 atom stereocenters. The maximum Gasteiger partial charge on any atom is 0.269 e. The van der Waals surface area contributed by atoms with Crippen LogP contribution in [0.15, 0.2) is 58.8 Å². The highest BCUT2D eigenvalue weighted by molar-refractivity contribution is 5.46. The van der Waals surface area contributed by atoms with Gasteiger partial charge in [-0.1, -0.05) is 0 Å². The maximum absolute atomic E-state index is 10.5. The van der Waals surface area contributed by atoms with Crippen molar-refractivity contribution in [3.05, 3.63) is 64.2 Å². The van der Waals surface area contributed by atoms with Crippen LogP contribution in [0, 0.1) is 21.4 Å². The lowest BCUT2D eigenvalue weighted by Gasteiger charge is -1.94. The summed E-state index contributed by atoms with van der Waals surface area (Å²) in [6.45, 7) is 0. The van der Waals surface area contributed by atoms with Crippen LogP contribution in [0.4, 0.5) is 17.1 Å². The van der Waals surface area contributed by atoms with E-state index in [0.29, 0.717) is 16.9 Å². The molecule has 2 rings (SSSR count). The van der Waals surface area contributed by atoms with Gasteiger partial charge in [-0.05, 0) is 36.4 Å². The van der Waals surface area contributed by atoms with Crippen LogP contribution in [0.3, 0.4) is 0 Å². The van der Waals surface area contributed by atoms with E-state index in [1.807, 2.05) is 6.07 Å². The van der Waals surface area contributed by atoms with Crippen molar-refractivity contribution in [2.24, 2.45) is 10.2 Å².